The van der Waals surface area contributed by atoms with Crippen LogP contribution in [0.25, 0.3) is 0 Å². The van der Waals surface area contributed by atoms with Gasteiger partial charge >= 0.3 is 33.6 Å². The third-order valence-corrected chi connectivity index (χ3v) is 18.6. The first kappa shape index (κ1) is 105. The van der Waals surface area contributed by atoms with Gasteiger partial charge < -0.3 is 34.2 Å². The molecular formula is C93H148O16P2. The molecule has 5 atom stereocenters. The zero-order chi connectivity index (χ0) is 80.8. The normalized spacial score (nSPS) is 15.0. The predicted octanol–water partition coefficient (Wildman–Crippen LogP) is 25.4. The van der Waals surface area contributed by atoms with Gasteiger partial charge in [0, 0.05) is 19.3 Å². The Kier molecular flexibility index (Phi) is 78.7. The molecule has 0 spiro atoms. The van der Waals surface area contributed by atoms with Gasteiger partial charge in [0.05, 0.1) is 26.4 Å². The molecule has 0 rings (SSSR count). The zero-order valence-corrected chi connectivity index (χ0v) is 70.3. The number of carbonyl (C=O) groups excluding carboxylic acids is 3. The highest BCUT2D eigenvalue weighted by atomic mass is 31.2. The van der Waals surface area contributed by atoms with Crippen LogP contribution in [0.4, 0.5) is 0 Å². The number of esters is 3. The molecule has 4 N–H and O–H groups in total. The molecule has 0 saturated carbocycles. The molecule has 0 aromatic carbocycles. The molecule has 0 aromatic heterocycles. The average molecular weight is 1580 g/mol. The van der Waals surface area contributed by atoms with E-state index in [0.717, 1.165) is 199 Å². The maximum Gasteiger partial charge on any atom is 0.472 e. The molecule has 111 heavy (non-hydrogen) atoms. The summed E-state index contributed by atoms with van der Waals surface area (Å²) < 4.78 is 61.3. The number of hydrogen-bond acceptors (Lipinski definition) is 14. The quantitative estimate of drug-likeness (QED) is 0.0146. The summed E-state index contributed by atoms with van der Waals surface area (Å²) in [5, 5.41) is 20.7. The number of phosphoric acid groups is 2. The van der Waals surface area contributed by atoms with Crippen LogP contribution in [0.15, 0.2) is 219 Å². The van der Waals surface area contributed by atoms with Gasteiger partial charge in [0.25, 0.3) is 0 Å². The second kappa shape index (κ2) is 83.3. The molecule has 0 aromatic rings. The Hall–Kier alpha value is -6.13. The van der Waals surface area contributed by atoms with Crippen molar-refractivity contribution >= 4 is 33.6 Å². The number of phosphoric ester groups is 2. The fourth-order valence-electron chi connectivity index (χ4n) is 10.4. The van der Waals surface area contributed by atoms with Crippen LogP contribution >= 0.6 is 15.6 Å². The number of aliphatic hydroxyl groups is 2. The number of allylic oxidation sites excluding steroid dienone is 36. The topological polar surface area (TPSA) is 231 Å². The number of carbonyl (C=O) groups is 3. The molecule has 0 aliphatic carbocycles. The first-order valence-corrected chi connectivity index (χ1v) is 45.0. The smallest absolute Gasteiger partial charge is 0.463 e. The summed E-state index contributed by atoms with van der Waals surface area (Å²) in [4.78, 5) is 58.8. The number of unbranched alkanes of at least 4 members (excludes halogenated alkanes) is 18. The highest BCUT2D eigenvalue weighted by Gasteiger charge is 2.29. The fraction of sp³-hybridized carbons (Fsp3) is 0.581. The maximum atomic E-state index is 13.0. The second-order valence-corrected chi connectivity index (χ2v) is 30.0. The summed E-state index contributed by atoms with van der Waals surface area (Å²) >= 11 is 0. The summed E-state index contributed by atoms with van der Waals surface area (Å²) in [6.45, 7) is 2.25. The van der Waals surface area contributed by atoms with Crippen LogP contribution in [-0.4, -0.2) is 95.9 Å². The Morgan fingerprint density at radius 3 is 0.730 bits per heavy atom. The summed E-state index contributed by atoms with van der Waals surface area (Å²) in [7, 11) is -9.84. The van der Waals surface area contributed by atoms with Gasteiger partial charge in [-0.1, -0.05) is 317 Å². The van der Waals surface area contributed by atoms with E-state index >= 15 is 0 Å². The lowest BCUT2D eigenvalue weighted by atomic mass is 10.1. The Bertz CT molecular complexity index is 2900. The Labute approximate surface area is 672 Å². The molecule has 16 nitrogen and oxygen atoms in total. The third kappa shape index (κ3) is 84.6. The first-order chi connectivity index (χ1) is 54.2. The van der Waals surface area contributed by atoms with Gasteiger partial charge in [-0.3, -0.25) is 32.5 Å². The SMILES string of the molecule is CC/C=C\C/C=C\C/C=C\C/C=C\C/C=C\C/C=C\CCCCCCCCCCC(=O)OCC(O)COP(=O)(O)OCC(O)COP(=O)(O)OCC(COC(=O)CCCCCCCCCC/C=C\C/C=C\C/C=C\C/C=C\C/C=C\C/C=C\CC)OC(=O)CCCC/C=C\C/C=C\C/C=C\C/C=C\C/C=C\C/C=C\CC. The fourth-order valence-corrected chi connectivity index (χ4v) is 12.0. The lowest BCUT2D eigenvalue weighted by Gasteiger charge is -2.21. The van der Waals surface area contributed by atoms with Gasteiger partial charge in [-0.15, -0.1) is 0 Å². The Morgan fingerprint density at radius 2 is 0.450 bits per heavy atom. The summed E-state index contributed by atoms with van der Waals surface area (Å²) in [5.41, 5.74) is 0. The second-order valence-electron chi connectivity index (χ2n) is 27.1. The van der Waals surface area contributed by atoms with Crippen LogP contribution in [-0.2, 0) is 55.8 Å². The minimum atomic E-state index is -4.96. The van der Waals surface area contributed by atoms with E-state index in [1.807, 2.05) is 0 Å². The minimum Gasteiger partial charge on any atom is -0.463 e. The van der Waals surface area contributed by atoms with E-state index in [1.165, 1.54) is 25.7 Å². The van der Waals surface area contributed by atoms with Crippen LogP contribution < -0.4 is 0 Å². The molecule has 0 fully saturated rings. The van der Waals surface area contributed by atoms with E-state index in [4.69, 9.17) is 32.3 Å². The van der Waals surface area contributed by atoms with Gasteiger partial charge in [0.15, 0.2) is 6.10 Å². The van der Waals surface area contributed by atoms with E-state index in [9.17, 15) is 43.5 Å². The van der Waals surface area contributed by atoms with Gasteiger partial charge in [0.2, 0.25) is 0 Å². The van der Waals surface area contributed by atoms with Gasteiger partial charge in [-0.25, -0.2) is 9.13 Å². The van der Waals surface area contributed by atoms with Crippen molar-refractivity contribution in [2.75, 3.05) is 39.6 Å². The molecule has 18 heteroatoms. The molecule has 0 radical (unpaired) electrons. The zero-order valence-electron chi connectivity index (χ0n) is 68.5. The molecule has 0 saturated heterocycles. The molecular weight excluding hydrogens is 1430 g/mol. The van der Waals surface area contributed by atoms with Gasteiger partial charge in [-0.2, -0.15) is 0 Å². The van der Waals surface area contributed by atoms with Crippen LogP contribution in [0.1, 0.15) is 290 Å². The number of hydrogen-bond donors (Lipinski definition) is 4. The van der Waals surface area contributed by atoms with Crippen molar-refractivity contribution in [2.24, 2.45) is 0 Å². The summed E-state index contributed by atoms with van der Waals surface area (Å²) in [6.07, 6.45) is 113. The molecule has 0 aliphatic heterocycles. The molecule has 0 aliphatic rings. The minimum absolute atomic E-state index is 0.0379. The maximum absolute atomic E-state index is 13.0. The van der Waals surface area contributed by atoms with Crippen molar-refractivity contribution in [3.05, 3.63) is 219 Å². The number of rotatable bonds is 77. The van der Waals surface area contributed by atoms with Gasteiger partial charge in [-0.05, 0) is 173 Å². The molecule has 0 heterocycles. The van der Waals surface area contributed by atoms with Crippen LogP contribution in [0.2, 0.25) is 0 Å². The van der Waals surface area contributed by atoms with Crippen molar-refractivity contribution < 1.29 is 75.8 Å². The Balaban J connectivity index is 4.75. The lowest BCUT2D eigenvalue weighted by molar-refractivity contribution is -0.161. The average Bonchev–Trinajstić information content (AvgIpc) is 0.889. The van der Waals surface area contributed by atoms with Crippen LogP contribution in [0.3, 0.4) is 0 Å². The first-order valence-electron chi connectivity index (χ1n) is 42.0. The van der Waals surface area contributed by atoms with E-state index in [2.05, 4.69) is 240 Å². The van der Waals surface area contributed by atoms with Crippen molar-refractivity contribution in [3.8, 4) is 0 Å². The molecule has 0 amide bonds. The molecule has 0 bridgehead atoms. The number of aliphatic hydroxyl groups excluding tert-OH is 2. The van der Waals surface area contributed by atoms with Crippen LogP contribution in [0, 0.1) is 0 Å². The van der Waals surface area contributed by atoms with Crippen molar-refractivity contribution in [1.82, 2.24) is 0 Å². The van der Waals surface area contributed by atoms with E-state index < -0.39 is 91.5 Å². The molecule has 626 valence electrons. The molecule has 5 unspecified atom stereocenters. The highest BCUT2D eigenvalue weighted by Crippen LogP contribution is 2.45. The highest BCUT2D eigenvalue weighted by molar-refractivity contribution is 7.47. The third-order valence-electron chi connectivity index (χ3n) is 16.7. The lowest BCUT2D eigenvalue weighted by Crippen LogP contribution is -2.30. The van der Waals surface area contributed by atoms with E-state index in [1.54, 1.807) is 0 Å². The van der Waals surface area contributed by atoms with Crippen molar-refractivity contribution in [2.45, 2.75) is 309 Å². The summed E-state index contributed by atoms with van der Waals surface area (Å²) in [6, 6.07) is 0. The summed E-state index contributed by atoms with van der Waals surface area (Å²) in [5.74, 6) is -1.66. The van der Waals surface area contributed by atoms with Crippen molar-refractivity contribution in [1.29, 1.82) is 0 Å². The number of ether oxygens (including phenoxy) is 3. The van der Waals surface area contributed by atoms with Gasteiger partial charge in [0.1, 0.15) is 25.4 Å². The standard InChI is InChI=1S/C93H148O16P2/c1-4-7-10-13-16-19-22-25-28-31-34-37-39-41-43-45-47-50-52-55-58-61-64-67-70-73-76-79-91(96)103-82-88(94)83-105-110(99,100)106-84-89(95)85-107-111(101,102)108-87-90(109-93(98)81-78-75-72-69-66-63-60-57-54-49-36-33-30-27-24-21-18-15-12-9-6-3)86-104-92(97)80-77-74-71-68-65-62-59-56-53-51-48-46-44-42-40-38-35-32-29-26-23-20-17-14-11-8-5-2/h7-12,16-21,25-30,34-38,41-44,47-51,57,60,66,69,88-90,94-95H,4-6,13-15,22-24,31-33,39-40,45-46,52-56,58-59,61-65,67-68,70-87H2,1-3H3,(H,99,100)(H,101,102)/b10-7-,11-8-,12-9-,19-16-,20-17-,21-18-,28-25-,29-26-,30-27-,37-34-,38-35-,43-41-,44-42-,49-36-,50-47-,51-48-,60-57-,69-66-. The predicted molar refractivity (Wildman–Crippen MR) is 463 cm³/mol. The monoisotopic (exact) mass is 1580 g/mol. The largest absolute Gasteiger partial charge is 0.472 e. The van der Waals surface area contributed by atoms with E-state index in [0.29, 0.717) is 25.7 Å². The van der Waals surface area contributed by atoms with Crippen LogP contribution in [0.5, 0.6) is 0 Å². The van der Waals surface area contributed by atoms with Crippen molar-refractivity contribution in [3.63, 3.8) is 0 Å². The van der Waals surface area contributed by atoms with E-state index in [-0.39, 0.29) is 19.3 Å². The Morgan fingerprint density at radius 1 is 0.252 bits per heavy atom.